The SMILES string of the molecule is CC1CCCCC1.O=CC(CC1CCNC1=O)NC(=O)CNC(=O)c1ccc2c(c1)OCO2. The highest BCUT2D eigenvalue weighted by Gasteiger charge is 2.27. The molecule has 4 rings (SSSR count). The Bertz CT molecular complexity index is 853. The Morgan fingerprint density at radius 1 is 1.15 bits per heavy atom. The first kappa shape index (κ1) is 24.5. The largest absolute Gasteiger partial charge is 0.454 e. The molecule has 0 radical (unpaired) electrons. The topological polar surface area (TPSA) is 123 Å². The molecule has 2 fully saturated rings. The number of amides is 3. The van der Waals surface area contributed by atoms with Gasteiger partial charge >= 0.3 is 0 Å². The number of rotatable bonds is 7. The molecule has 1 saturated carbocycles. The van der Waals surface area contributed by atoms with E-state index < -0.39 is 17.9 Å². The summed E-state index contributed by atoms with van der Waals surface area (Å²) in [7, 11) is 0. The molecule has 3 amide bonds. The number of carbonyl (C=O) groups excluding carboxylic acids is 4. The molecule has 0 aromatic heterocycles. The van der Waals surface area contributed by atoms with Gasteiger partial charge in [-0.05, 0) is 37.0 Å². The molecule has 180 valence electrons. The predicted octanol–water partition coefficient (Wildman–Crippen LogP) is 1.94. The lowest BCUT2D eigenvalue weighted by Crippen LogP contribution is -2.43. The summed E-state index contributed by atoms with van der Waals surface area (Å²) in [6.07, 6.45) is 8.92. The highest BCUT2D eigenvalue weighted by Crippen LogP contribution is 2.32. The fourth-order valence-corrected chi connectivity index (χ4v) is 4.19. The molecule has 1 saturated heterocycles. The Hall–Kier alpha value is -3.10. The Balaban J connectivity index is 0.000000374. The molecule has 0 spiro atoms. The molecule has 3 aliphatic rings. The van der Waals surface area contributed by atoms with E-state index in [0.717, 1.165) is 5.92 Å². The minimum absolute atomic E-state index is 0.106. The van der Waals surface area contributed by atoms with Gasteiger partial charge in [-0.25, -0.2) is 0 Å². The molecule has 2 unspecified atom stereocenters. The van der Waals surface area contributed by atoms with E-state index in [0.29, 0.717) is 36.3 Å². The third kappa shape index (κ3) is 7.47. The molecule has 1 aromatic carbocycles. The second-order valence-corrected chi connectivity index (χ2v) is 8.82. The lowest BCUT2D eigenvalue weighted by Gasteiger charge is -2.15. The molecule has 33 heavy (non-hydrogen) atoms. The Labute approximate surface area is 194 Å². The second kappa shape index (κ2) is 12.2. The van der Waals surface area contributed by atoms with Crippen molar-refractivity contribution in [2.45, 2.75) is 57.9 Å². The highest BCUT2D eigenvalue weighted by atomic mass is 16.7. The third-order valence-corrected chi connectivity index (χ3v) is 6.15. The minimum Gasteiger partial charge on any atom is -0.454 e. The summed E-state index contributed by atoms with van der Waals surface area (Å²) >= 11 is 0. The average Bonchev–Trinajstić information content (AvgIpc) is 3.46. The van der Waals surface area contributed by atoms with E-state index in [-0.39, 0.29) is 31.6 Å². The van der Waals surface area contributed by atoms with Crippen molar-refractivity contribution in [3.8, 4) is 11.5 Å². The molecule has 2 aliphatic heterocycles. The lowest BCUT2D eigenvalue weighted by molar-refractivity contribution is -0.125. The van der Waals surface area contributed by atoms with Crippen molar-refractivity contribution in [1.82, 2.24) is 16.0 Å². The van der Waals surface area contributed by atoms with Crippen LogP contribution in [0.1, 0.15) is 62.2 Å². The zero-order valence-corrected chi connectivity index (χ0v) is 19.1. The number of carbonyl (C=O) groups is 4. The first-order valence-electron chi connectivity index (χ1n) is 11.7. The fourth-order valence-electron chi connectivity index (χ4n) is 4.19. The van der Waals surface area contributed by atoms with Crippen molar-refractivity contribution in [3.05, 3.63) is 23.8 Å². The van der Waals surface area contributed by atoms with Gasteiger partial charge in [0.15, 0.2) is 11.5 Å². The molecular weight excluding hydrogens is 426 g/mol. The van der Waals surface area contributed by atoms with Crippen LogP contribution in [0.25, 0.3) is 0 Å². The maximum atomic E-state index is 12.1. The number of nitrogens with one attached hydrogen (secondary N) is 3. The Morgan fingerprint density at radius 2 is 1.91 bits per heavy atom. The lowest BCUT2D eigenvalue weighted by atomic mass is 9.91. The number of hydrogen-bond acceptors (Lipinski definition) is 6. The Kier molecular flexibility index (Phi) is 9.09. The van der Waals surface area contributed by atoms with Gasteiger partial charge in [0.05, 0.1) is 12.6 Å². The number of hydrogen-bond donors (Lipinski definition) is 3. The molecule has 1 aromatic rings. The third-order valence-electron chi connectivity index (χ3n) is 6.15. The standard InChI is InChI=1S/C17H19N3O6.C7H14/c21-8-12(5-11-3-4-18-16(11)23)20-15(22)7-19-17(24)10-1-2-13-14(6-10)26-9-25-13;1-7-5-3-2-4-6-7/h1-2,6,8,11-12H,3-5,7,9H2,(H,18,23)(H,19,24)(H,20,22);7H,2-6H2,1H3. The fraction of sp³-hybridized carbons (Fsp3) is 0.583. The van der Waals surface area contributed by atoms with Crippen molar-refractivity contribution in [2.75, 3.05) is 19.9 Å². The summed E-state index contributed by atoms with van der Waals surface area (Å²) in [5, 5.41) is 7.68. The van der Waals surface area contributed by atoms with Gasteiger partial charge in [0, 0.05) is 18.0 Å². The zero-order chi connectivity index (χ0) is 23.6. The van der Waals surface area contributed by atoms with E-state index >= 15 is 0 Å². The summed E-state index contributed by atoms with van der Waals surface area (Å²) in [4.78, 5) is 46.8. The van der Waals surface area contributed by atoms with Gasteiger partial charge in [-0.1, -0.05) is 39.0 Å². The number of fused-ring (bicyclic) bond motifs is 1. The molecular formula is C24H33N3O6. The summed E-state index contributed by atoms with van der Waals surface area (Å²) in [6, 6.07) is 3.95. The summed E-state index contributed by atoms with van der Waals surface area (Å²) in [5.41, 5.74) is 0.330. The monoisotopic (exact) mass is 459 g/mol. The van der Waals surface area contributed by atoms with Gasteiger partial charge in [0.2, 0.25) is 18.6 Å². The molecule has 1 aliphatic carbocycles. The van der Waals surface area contributed by atoms with Gasteiger partial charge in [-0.3, -0.25) is 14.4 Å². The first-order valence-corrected chi connectivity index (χ1v) is 11.7. The number of benzene rings is 1. The normalized spacial score (nSPS) is 20.2. The quantitative estimate of drug-likeness (QED) is 0.536. The Morgan fingerprint density at radius 3 is 2.55 bits per heavy atom. The molecule has 2 heterocycles. The van der Waals surface area contributed by atoms with E-state index in [2.05, 4.69) is 22.9 Å². The first-order chi connectivity index (χ1) is 16.0. The maximum absolute atomic E-state index is 12.1. The van der Waals surface area contributed by atoms with Crippen LogP contribution < -0.4 is 25.4 Å². The average molecular weight is 460 g/mol. The molecule has 3 N–H and O–H groups in total. The number of aldehydes is 1. The smallest absolute Gasteiger partial charge is 0.251 e. The number of ether oxygens (including phenoxy) is 2. The van der Waals surface area contributed by atoms with E-state index in [1.165, 1.54) is 38.2 Å². The van der Waals surface area contributed by atoms with Crippen LogP contribution in [0.15, 0.2) is 18.2 Å². The van der Waals surface area contributed by atoms with Crippen LogP contribution in [0.3, 0.4) is 0 Å². The summed E-state index contributed by atoms with van der Waals surface area (Å²) in [5.74, 6) is 0.720. The van der Waals surface area contributed by atoms with Gasteiger partial charge in [-0.2, -0.15) is 0 Å². The summed E-state index contributed by atoms with van der Waals surface area (Å²) in [6.45, 7) is 2.76. The van der Waals surface area contributed by atoms with Gasteiger partial charge in [0.1, 0.15) is 6.29 Å². The predicted molar refractivity (Wildman–Crippen MR) is 121 cm³/mol. The molecule has 2 atom stereocenters. The molecule has 9 heteroatoms. The summed E-state index contributed by atoms with van der Waals surface area (Å²) < 4.78 is 10.4. The van der Waals surface area contributed by atoms with Crippen molar-refractivity contribution >= 4 is 24.0 Å². The van der Waals surface area contributed by atoms with E-state index in [4.69, 9.17) is 9.47 Å². The van der Waals surface area contributed by atoms with Gasteiger partial charge in [-0.15, -0.1) is 0 Å². The van der Waals surface area contributed by atoms with Crippen LogP contribution in [-0.2, 0) is 14.4 Å². The van der Waals surface area contributed by atoms with Crippen LogP contribution in [0.2, 0.25) is 0 Å². The highest BCUT2D eigenvalue weighted by molar-refractivity contribution is 5.97. The van der Waals surface area contributed by atoms with Crippen LogP contribution >= 0.6 is 0 Å². The molecule has 0 bridgehead atoms. The van der Waals surface area contributed by atoms with Crippen LogP contribution in [-0.4, -0.2) is 49.9 Å². The van der Waals surface area contributed by atoms with Crippen molar-refractivity contribution in [2.24, 2.45) is 11.8 Å². The molecule has 9 nitrogen and oxygen atoms in total. The van der Waals surface area contributed by atoms with Gasteiger partial charge < -0.3 is 30.2 Å². The van der Waals surface area contributed by atoms with Crippen molar-refractivity contribution in [1.29, 1.82) is 0 Å². The minimum atomic E-state index is -0.765. The second-order valence-electron chi connectivity index (χ2n) is 8.82. The van der Waals surface area contributed by atoms with Crippen LogP contribution in [0, 0.1) is 11.8 Å². The van der Waals surface area contributed by atoms with Crippen molar-refractivity contribution < 1.29 is 28.7 Å². The van der Waals surface area contributed by atoms with E-state index in [1.54, 1.807) is 12.1 Å². The van der Waals surface area contributed by atoms with Gasteiger partial charge in [0.25, 0.3) is 5.91 Å². The van der Waals surface area contributed by atoms with Crippen LogP contribution in [0.4, 0.5) is 0 Å². The van der Waals surface area contributed by atoms with Crippen molar-refractivity contribution in [3.63, 3.8) is 0 Å². The van der Waals surface area contributed by atoms with E-state index in [1.807, 2.05) is 0 Å². The van der Waals surface area contributed by atoms with E-state index in [9.17, 15) is 19.2 Å². The maximum Gasteiger partial charge on any atom is 0.251 e. The van der Waals surface area contributed by atoms with Crippen LogP contribution in [0.5, 0.6) is 11.5 Å². The zero-order valence-electron chi connectivity index (χ0n) is 19.1.